The monoisotopic (exact) mass is 239 g/mol. The first kappa shape index (κ1) is 10.8. The number of benzene rings is 1. The van der Waals surface area contributed by atoms with Crippen molar-refractivity contribution in [1.29, 1.82) is 5.26 Å². The summed E-state index contributed by atoms with van der Waals surface area (Å²) in [5, 5.41) is 9.23. The molecule has 1 fully saturated rings. The lowest BCUT2D eigenvalue weighted by molar-refractivity contribution is 0.0914. The highest BCUT2D eigenvalue weighted by Crippen LogP contribution is 2.51. The minimum Gasteiger partial charge on any atom is -0.472 e. The SMILES string of the molecule is N#C[C@@]1(C(=O)c2ccccc2)O[C@H]1c1ccoc1. The molecule has 1 aromatic heterocycles. The Kier molecular flexibility index (Phi) is 2.29. The average molecular weight is 239 g/mol. The fourth-order valence-corrected chi connectivity index (χ4v) is 1.99. The van der Waals surface area contributed by atoms with E-state index in [-0.39, 0.29) is 5.78 Å². The Bertz CT molecular complexity index is 612. The number of furan rings is 1. The minimum absolute atomic E-state index is 0.309. The van der Waals surface area contributed by atoms with Crippen LogP contribution in [-0.2, 0) is 4.74 Å². The summed E-state index contributed by atoms with van der Waals surface area (Å²) in [4.78, 5) is 12.3. The van der Waals surface area contributed by atoms with Gasteiger partial charge in [-0.05, 0) is 6.07 Å². The first-order chi connectivity index (χ1) is 8.78. The molecule has 0 radical (unpaired) electrons. The van der Waals surface area contributed by atoms with Crippen LogP contribution in [-0.4, -0.2) is 11.4 Å². The van der Waals surface area contributed by atoms with E-state index >= 15 is 0 Å². The zero-order chi connectivity index (χ0) is 12.6. The van der Waals surface area contributed by atoms with E-state index in [4.69, 9.17) is 9.15 Å². The van der Waals surface area contributed by atoms with Crippen molar-refractivity contribution in [3.63, 3.8) is 0 Å². The second-order valence-electron chi connectivity index (χ2n) is 4.10. The van der Waals surface area contributed by atoms with Crippen molar-refractivity contribution in [2.45, 2.75) is 11.7 Å². The Labute approximate surface area is 103 Å². The largest absolute Gasteiger partial charge is 0.472 e. The van der Waals surface area contributed by atoms with E-state index in [9.17, 15) is 10.1 Å². The number of nitrogens with zero attached hydrogens (tertiary/aromatic N) is 1. The molecule has 0 unspecified atom stereocenters. The number of ketones is 1. The molecule has 3 rings (SSSR count). The fraction of sp³-hybridized carbons (Fsp3) is 0.143. The second kappa shape index (κ2) is 3.83. The maximum absolute atomic E-state index is 12.3. The lowest BCUT2D eigenvalue weighted by Gasteiger charge is -2.02. The van der Waals surface area contributed by atoms with Crippen LogP contribution in [0.4, 0.5) is 0 Å². The highest BCUT2D eigenvalue weighted by atomic mass is 16.6. The summed E-state index contributed by atoms with van der Waals surface area (Å²) in [6.45, 7) is 0. The third-order valence-corrected chi connectivity index (χ3v) is 3.00. The maximum atomic E-state index is 12.3. The molecule has 1 saturated heterocycles. The quantitative estimate of drug-likeness (QED) is 0.609. The number of hydrogen-bond acceptors (Lipinski definition) is 4. The van der Waals surface area contributed by atoms with E-state index in [2.05, 4.69) is 0 Å². The van der Waals surface area contributed by atoms with Crippen LogP contribution in [0.25, 0.3) is 0 Å². The van der Waals surface area contributed by atoms with Gasteiger partial charge in [0, 0.05) is 11.1 Å². The van der Waals surface area contributed by atoms with Crippen LogP contribution in [0.2, 0.25) is 0 Å². The number of carbonyl (C=O) groups excluding carboxylic acids is 1. The van der Waals surface area contributed by atoms with Crippen molar-refractivity contribution in [3.8, 4) is 6.07 Å². The molecule has 18 heavy (non-hydrogen) atoms. The molecule has 0 bridgehead atoms. The molecule has 2 heterocycles. The Morgan fingerprint density at radius 1 is 1.28 bits per heavy atom. The highest BCUT2D eigenvalue weighted by Gasteiger charge is 2.64. The smallest absolute Gasteiger partial charge is 0.248 e. The molecule has 1 aliphatic heterocycles. The highest BCUT2D eigenvalue weighted by molar-refractivity contribution is 6.07. The zero-order valence-corrected chi connectivity index (χ0v) is 9.37. The van der Waals surface area contributed by atoms with Crippen molar-refractivity contribution in [2.24, 2.45) is 0 Å². The van der Waals surface area contributed by atoms with E-state index in [1.54, 1.807) is 30.3 Å². The number of carbonyl (C=O) groups is 1. The Morgan fingerprint density at radius 3 is 2.67 bits per heavy atom. The molecule has 2 aromatic rings. The van der Waals surface area contributed by atoms with E-state index in [0.717, 1.165) is 0 Å². The van der Waals surface area contributed by atoms with Gasteiger partial charge >= 0.3 is 0 Å². The molecule has 0 N–H and O–H groups in total. The van der Waals surface area contributed by atoms with Gasteiger partial charge in [0.2, 0.25) is 11.4 Å². The lowest BCUT2D eigenvalue weighted by Crippen LogP contribution is -2.23. The predicted octanol–water partition coefficient (Wildman–Crippen LogP) is 2.50. The maximum Gasteiger partial charge on any atom is 0.248 e. The van der Waals surface area contributed by atoms with Crippen molar-refractivity contribution in [2.75, 3.05) is 0 Å². The summed E-state index contributed by atoms with van der Waals surface area (Å²) in [7, 11) is 0. The lowest BCUT2D eigenvalue weighted by atomic mass is 9.93. The number of ether oxygens (including phenoxy) is 1. The van der Waals surface area contributed by atoms with Crippen LogP contribution in [0.3, 0.4) is 0 Å². The molecular formula is C14H9NO3. The molecular weight excluding hydrogens is 230 g/mol. The van der Waals surface area contributed by atoms with Crippen molar-refractivity contribution in [3.05, 3.63) is 60.1 Å². The number of Topliss-reactive ketones (excluding diaryl/α,β-unsaturated/α-hetero) is 1. The van der Waals surface area contributed by atoms with Gasteiger partial charge in [0.05, 0.1) is 12.5 Å². The van der Waals surface area contributed by atoms with E-state index in [0.29, 0.717) is 11.1 Å². The van der Waals surface area contributed by atoms with Gasteiger partial charge < -0.3 is 9.15 Å². The molecule has 0 saturated carbocycles. The number of nitriles is 1. The van der Waals surface area contributed by atoms with E-state index in [1.165, 1.54) is 12.5 Å². The second-order valence-corrected chi connectivity index (χ2v) is 4.10. The summed E-state index contributed by atoms with van der Waals surface area (Å²) in [6, 6.07) is 12.4. The summed E-state index contributed by atoms with van der Waals surface area (Å²) in [6.07, 6.45) is 2.45. The number of hydrogen-bond donors (Lipinski definition) is 0. The first-order valence-corrected chi connectivity index (χ1v) is 5.49. The zero-order valence-electron chi connectivity index (χ0n) is 9.37. The third kappa shape index (κ3) is 1.45. The number of rotatable bonds is 3. The van der Waals surface area contributed by atoms with Crippen LogP contribution in [0, 0.1) is 11.3 Å². The van der Waals surface area contributed by atoms with E-state index in [1.807, 2.05) is 12.1 Å². The molecule has 0 aliphatic carbocycles. The Hall–Kier alpha value is -2.38. The van der Waals surface area contributed by atoms with Gasteiger partial charge in [-0.2, -0.15) is 5.26 Å². The van der Waals surface area contributed by atoms with Gasteiger partial charge in [-0.3, -0.25) is 4.79 Å². The Balaban J connectivity index is 1.92. The summed E-state index contributed by atoms with van der Waals surface area (Å²) in [5.74, 6) is -0.309. The number of epoxide rings is 1. The summed E-state index contributed by atoms with van der Waals surface area (Å²) >= 11 is 0. The normalized spacial score (nSPS) is 25.4. The standard InChI is InChI=1S/C14H9NO3/c15-9-14(12(16)10-4-2-1-3-5-10)13(18-14)11-6-7-17-8-11/h1-8,13H/t13-,14-/m0/s1. The van der Waals surface area contributed by atoms with Gasteiger partial charge in [0.25, 0.3) is 0 Å². The molecule has 4 nitrogen and oxygen atoms in total. The summed E-state index contributed by atoms with van der Waals surface area (Å²) < 4.78 is 10.3. The van der Waals surface area contributed by atoms with Crippen LogP contribution < -0.4 is 0 Å². The van der Waals surface area contributed by atoms with Crippen molar-refractivity contribution < 1.29 is 13.9 Å². The Morgan fingerprint density at radius 2 is 2.06 bits per heavy atom. The topological polar surface area (TPSA) is 66.5 Å². The fourth-order valence-electron chi connectivity index (χ4n) is 1.99. The molecule has 4 heteroatoms. The third-order valence-electron chi connectivity index (χ3n) is 3.00. The molecule has 1 aliphatic rings. The van der Waals surface area contributed by atoms with Gasteiger partial charge in [0.1, 0.15) is 12.2 Å². The van der Waals surface area contributed by atoms with Crippen LogP contribution in [0.15, 0.2) is 53.3 Å². The van der Waals surface area contributed by atoms with Crippen LogP contribution in [0.5, 0.6) is 0 Å². The van der Waals surface area contributed by atoms with Crippen molar-refractivity contribution >= 4 is 5.78 Å². The van der Waals surface area contributed by atoms with Crippen LogP contribution in [0.1, 0.15) is 22.0 Å². The molecule has 2 atom stereocenters. The summed E-state index contributed by atoms with van der Waals surface area (Å²) in [5.41, 5.74) is -0.212. The molecule has 0 spiro atoms. The van der Waals surface area contributed by atoms with Gasteiger partial charge in [-0.25, -0.2) is 0 Å². The average Bonchev–Trinajstić information content (AvgIpc) is 2.93. The van der Waals surface area contributed by atoms with Gasteiger partial charge in [-0.15, -0.1) is 0 Å². The van der Waals surface area contributed by atoms with Gasteiger partial charge in [0.15, 0.2) is 0 Å². The van der Waals surface area contributed by atoms with Crippen LogP contribution >= 0.6 is 0 Å². The molecule has 88 valence electrons. The predicted molar refractivity (Wildman–Crippen MR) is 61.7 cm³/mol. The molecule has 1 aromatic carbocycles. The van der Waals surface area contributed by atoms with Gasteiger partial charge in [-0.1, -0.05) is 30.3 Å². The van der Waals surface area contributed by atoms with E-state index < -0.39 is 11.7 Å². The first-order valence-electron chi connectivity index (χ1n) is 5.49. The minimum atomic E-state index is -1.40. The van der Waals surface area contributed by atoms with Crippen molar-refractivity contribution in [1.82, 2.24) is 0 Å². The molecule has 0 amide bonds.